The molecule has 0 bridgehead atoms. The van der Waals surface area contributed by atoms with Crippen molar-refractivity contribution >= 4 is 40.0 Å². The van der Waals surface area contributed by atoms with Gasteiger partial charge in [0, 0.05) is 0 Å². The largest absolute Gasteiger partial charge is 0.507 e. The fraction of sp³-hybridized carbons (Fsp3) is 0.222. The van der Waals surface area contributed by atoms with Crippen molar-refractivity contribution in [1.29, 1.82) is 0 Å². The molecule has 4 heteroatoms. The van der Waals surface area contributed by atoms with Crippen molar-refractivity contribution < 1.29 is 9.90 Å². The first-order valence-electron chi connectivity index (χ1n) is 3.66. The maximum atomic E-state index is 11.0. The molecule has 0 saturated carbocycles. The quantitative estimate of drug-likeness (QED) is 0.674. The van der Waals surface area contributed by atoms with Gasteiger partial charge in [0.05, 0.1) is 3.57 Å². The van der Waals surface area contributed by atoms with Crippen LogP contribution in [0.15, 0.2) is 18.2 Å². The molecule has 13 heavy (non-hydrogen) atoms. The zero-order valence-electron chi connectivity index (χ0n) is 6.92. The third-order valence-corrected chi connectivity index (χ3v) is 3.36. The normalized spacial score (nSPS) is 12.5. The molecular formula is C9H8ClIO2. The molecule has 1 aromatic rings. The van der Waals surface area contributed by atoms with E-state index in [0.29, 0.717) is 9.13 Å². The molecule has 0 aliphatic carbocycles. The molecule has 1 aromatic carbocycles. The van der Waals surface area contributed by atoms with Crippen molar-refractivity contribution in [3.05, 3.63) is 27.3 Å². The molecule has 0 saturated heterocycles. The Labute approximate surface area is 95.0 Å². The summed E-state index contributed by atoms with van der Waals surface area (Å²) in [4.78, 5) is 11.0. The molecule has 1 atom stereocenters. The number of Topliss-reactive ketones (excluding diaryl/α,β-unsaturated/α-hetero) is 1. The van der Waals surface area contributed by atoms with E-state index in [9.17, 15) is 9.90 Å². The van der Waals surface area contributed by atoms with Gasteiger partial charge in [-0.1, -0.05) is 12.1 Å². The molecule has 2 nitrogen and oxygen atoms in total. The average Bonchev–Trinajstić information content (AvgIpc) is 2.08. The number of carbonyl (C=O) groups excluding carboxylic acids is 1. The molecule has 0 amide bonds. The lowest BCUT2D eigenvalue weighted by Crippen LogP contribution is -2.03. The fourth-order valence-electron chi connectivity index (χ4n) is 0.952. The summed E-state index contributed by atoms with van der Waals surface area (Å²) in [5.41, 5.74) is 0.662. The van der Waals surface area contributed by atoms with Crippen molar-refractivity contribution in [3.8, 4) is 5.75 Å². The van der Waals surface area contributed by atoms with Crippen LogP contribution in [-0.2, 0) is 4.79 Å². The predicted molar refractivity (Wildman–Crippen MR) is 60.1 cm³/mol. The highest BCUT2D eigenvalue weighted by molar-refractivity contribution is 14.1. The van der Waals surface area contributed by atoms with Gasteiger partial charge in [-0.3, -0.25) is 4.79 Å². The van der Waals surface area contributed by atoms with Crippen LogP contribution < -0.4 is 0 Å². The third-order valence-electron chi connectivity index (χ3n) is 1.64. The summed E-state index contributed by atoms with van der Waals surface area (Å²) in [7, 11) is 0. The highest BCUT2D eigenvalue weighted by Crippen LogP contribution is 2.31. The predicted octanol–water partition coefficient (Wildman–Crippen LogP) is 2.87. The Morgan fingerprint density at radius 2 is 2.23 bits per heavy atom. The second-order valence-corrected chi connectivity index (χ2v) is 4.17. The van der Waals surface area contributed by atoms with Crippen LogP contribution in [0, 0.1) is 3.57 Å². The smallest absolute Gasteiger partial charge is 0.152 e. The number of benzene rings is 1. The van der Waals surface area contributed by atoms with Gasteiger partial charge in [0.2, 0.25) is 0 Å². The highest BCUT2D eigenvalue weighted by atomic mass is 127. The second kappa shape index (κ2) is 4.28. The lowest BCUT2D eigenvalue weighted by Gasteiger charge is -2.09. The van der Waals surface area contributed by atoms with Gasteiger partial charge in [-0.2, -0.15) is 0 Å². The number of hydrogen-bond acceptors (Lipinski definition) is 2. The number of phenolic OH excluding ortho intramolecular Hbond substituents is 1. The number of halogens is 2. The topological polar surface area (TPSA) is 37.3 Å². The second-order valence-electron chi connectivity index (χ2n) is 2.65. The lowest BCUT2D eigenvalue weighted by molar-refractivity contribution is -0.116. The molecule has 1 rings (SSSR count). The minimum Gasteiger partial charge on any atom is -0.507 e. The maximum absolute atomic E-state index is 11.0. The maximum Gasteiger partial charge on any atom is 0.152 e. The summed E-state index contributed by atoms with van der Waals surface area (Å²) in [6, 6.07) is 4.97. The SMILES string of the molecule is CC(=O)C(Cl)c1cccc(O)c1I. The summed E-state index contributed by atoms with van der Waals surface area (Å²) in [6.45, 7) is 1.43. The number of rotatable bonds is 2. The van der Waals surface area contributed by atoms with Crippen LogP contribution in [0.2, 0.25) is 0 Å². The summed E-state index contributed by atoms with van der Waals surface area (Å²) < 4.78 is 0.635. The summed E-state index contributed by atoms with van der Waals surface area (Å²) in [6.07, 6.45) is 0. The monoisotopic (exact) mass is 310 g/mol. The molecule has 70 valence electrons. The molecule has 0 radical (unpaired) electrons. The Hall–Kier alpha value is -0.290. The van der Waals surface area contributed by atoms with E-state index >= 15 is 0 Å². The van der Waals surface area contributed by atoms with Gasteiger partial charge >= 0.3 is 0 Å². The van der Waals surface area contributed by atoms with Gasteiger partial charge in [0.25, 0.3) is 0 Å². The molecule has 1 N–H and O–H groups in total. The van der Waals surface area contributed by atoms with Gasteiger partial charge in [0.1, 0.15) is 11.1 Å². The number of phenols is 1. The first kappa shape index (κ1) is 10.8. The number of ketones is 1. The Balaban J connectivity index is 3.15. The van der Waals surface area contributed by atoms with Crippen molar-refractivity contribution in [2.45, 2.75) is 12.3 Å². The van der Waals surface area contributed by atoms with E-state index in [1.165, 1.54) is 6.92 Å². The van der Waals surface area contributed by atoms with Gasteiger partial charge in [0.15, 0.2) is 5.78 Å². The highest BCUT2D eigenvalue weighted by Gasteiger charge is 2.17. The van der Waals surface area contributed by atoms with E-state index < -0.39 is 5.38 Å². The summed E-state index contributed by atoms with van der Waals surface area (Å²) in [5, 5.41) is 8.69. The van der Waals surface area contributed by atoms with E-state index in [2.05, 4.69) is 0 Å². The Morgan fingerprint density at radius 1 is 1.62 bits per heavy atom. The van der Waals surface area contributed by atoms with Crippen LogP contribution in [0.3, 0.4) is 0 Å². The molecule has 0 aromatic heterocycles. The average molecular weight is 311 g/mol. The van der Waals surface area contributed by atoms with Gasteiger partial charge in [-0.05, 0) is 41.1 Å². The minimum atomic E-state index is -0.668. The lowest BCUT2D eigenvalue weighted by atomic mass is 10.1. The fourth-order valence-corrected chi connectivity index (χ4v) is 1.99. The van der Waals surface area contributed by atoms with Crippen LogP contribution in [0.4, 0.5) is 0 Å². The third kappa shape index (κ3) is 2.34. The van der Waals surface area contributed by atoms with E-state index in [1.807, 2.05) is 22.6 Å². The van der Waals surface area contributed by atoms with Gasteiger partial charge in [-0.15, -0.1) is 11.6 Å². The molecule has 0 spiro atoms. The van der Waals surface area contributed by atoms with Crippen molar-refractivity contribution in [3.63, 3.8) is 0 Å². The molecule has 0 heterocycles. The Morgan fingerprint density at radius 3 is 2.77 bits per heavy atom. The molecule has 1 unspecified atom stereocenters. The van der Waals surface area contributed by atoms with Crippen LogP contribution in [-0.4, -0.2) is 10.9 Å². The van der Waals surface area contributed by atoms with Crippen LogP contribution in [0.1, 0.15) is 17.9 Å². The number of carbonyl (C=O) groups is 1. The van der Waals surface area contributed by atoms with Gasteiger partial charge in [-0.25, -0.2) is 0 Å². The first-order valence-corrected chi connectivity index (χ1v) is 5.17. The summed E-state index contributed by atoms with van der Waals surface area (Å²) in [5.74, 6) is 0.0372. The van der Waals surface area contributed by atoms with E-state index in [1.54, 1.807) is 18.2 Å². The van der Waals surface area contributed by atoms with Crippen molar-refractivity contribution in [1.82, 2.24) is 0 Å². The zero-order valence-corrected chi connectivity index (χ0v) is 9.83. The standard InChI is InChI=1S/C9H8ClIO2/c1-5(12)8(10)6-3-2-4-7(13)9(6)11/h2-4,8,13H,1H3. The van der Waals surface area contributed by atoms with Crippen LogP contribution >= 0.6 is 34.2 Å². The minimum absolute atomic E-state index is 0.120. The summed E-state index contributed by atoms with van der Waals surface area (Å²) >= 11 is 7.82. The van der Waals surface area contributed by atoms with Crippen LogP contribution in [0.5, 0.6) is 5.75 Å². The van der Waals surface area contributed by atoms with Crippen molar-refractivity contribution in [2.24, 2.45) is 0 Å². The van der Waals surface area contributed by atoms with E-state index in [-0.39, 0.29) is 11.5 Å². The molecular weight excluding hydrogens is 302 g/mol. The van der Waals surface area contributed by atoms with Crippen LogP contribution in [0.25, 0.3) is 0 Å². The van der Waals surface area contributed by atoms with E-state index in [4.69, 9.17) is 11.6 Å². The number of aromatic hydroxyl groups is 1. The Bertz CT molecular complexity index is 338. The molecule has 0 fully saturated rings. The van der Waals surface area contributed by atoms with Gasteiger partial charge < -0.3 is 5.11 Å². The first-order chi connectivity index (χ1) is 6.04. The molecule has 0 aliphatic heterocycles. The zero-order chi connectivity index (χ0) is 10.0. The number of alkyl halides is 1. The van der Waals surface area contributed by atoms with E-state index in [0.717, 1.165) is 0 Å². The number of hydrogen-bond donors (Lipinski definition) is 1. The molecule has 0 aliphatic rings. The Kier molecular flexibility index (Phi) is 3.55. The van der Waals surface area contributed by atoms with Crippen molar-refractivity contribution in [2.75, 3.05) is 0 Å².